The molecule has 1 N–H and O–H groups in total. The minimum atomic E-state index is 0.997. The highest BCUT2D eigenvalue weighted by molar-refractivity contribution is 5.83. The largest absolute Gasteiger partial charge is 0.361 e. The van der Waals surface area contributed by atoms with Crippen LogP contribution in [-0.2, 0) is 6.42 Å². The molecule has 1 aromatic heterocycles. The number of aryl methyl sites for hydroxylation is 1. The Balaban J connectivity index is 2.03. The first-order valence-electron chi connectivity index (χ1n) is 5.94. The van der Waals surface area contributed by atoms with Crippen molar-refractivity contribution in [1.29, 1.82) is 0 Å². The van der Waals surface area contributed by atoms with Gasteiger partial charge in [0.25, 0.3) is 0 Å². The second-order valence-electron chi connectivity index (χ2n) is 4.46. The molecule has 0 fully saturated rings. The van der Waals surface area contributed by atoms with E-state index in [1.54, 1.807) is 0 Å². The van der Waals surface area contributed by atoms with E-state index in [2.05, 4.69) is 66.6 Å². The first-order chi connectivity index (χ1) is 8.34. The molecule has 84 valence electrons. The Morgan fingerprint density at radius 3 is 2.53 bits per heavy atom. The number of aromatic amines is 1. The standard InChI is InChI=1S/C16H15N/c1-12-6-2-3-7-13(12)10-14-11-17-16-9-5-4-8-15(14)16/h2-9,11,17H,10H2,1H3. The number of aromatic nitrogens is 1. The van der Waals surface area contributed by atoms with Crippen LogP contribution in [0.5, 0.6) is 0 Å². The molecule has 1 heteroatoms. The molecule has 0 aliphatic carbocycles. The summed E-state index contributed by atoms with van der Waals surface area (Å²) >= 11 is 0. The predicted molar refractivity (Wildman–Crippen MR) is 72.3 cm³/mol. The van der Waals surface area contributed by atoms with E-state index in [9.17, 15) is 0 Å². The summed E-state index contributed by atoms with van der Waals surface area (Å²) < 4.78 is 0. The average Bonchev–Trinajstić information content (AvgIpc) is 2.76. The van der Waals surface area contributed by atoms with E-state index in [4.69, 9.17) is 0 Å². The Hall–Kier alpha value is -2.02. The summed E-state index contributed by atoms with van der Waals surface area (Å²) in [7, 11) is 0. The van der Waals surface area contributed by atoms with E-state index in [0.717, 1.165) is 6.42 Å². The third-order valence-electron chi connectivity index (χ3n) is 3.32. The Labute approximate surface area is 101 Å². The van der Waals surface area contributed by atoms with Crippen molar-refractivity contribution in [2.75, 3.05) is 0 Å². The number of fused-ring (bicyclic) bond motifs is 1. The van der Waals surface area contributed by atoms with Crippen LogP contribution in [-0.4, -0.2) is 4.98 Å². The Bertz CT molecular complexity index is 649. The molecule has 1 nitrogen and oxygen atoms in total. The van der Waals surface area contributed by atoms with Crippen molar-refractivity contribution < 1.29 is 0 Å². The maximum absolute atomic E-state index is 3.33. The summed E-state index contributed by atoms with van der Waals surface area (Å²) in [6.45, 7) is 2.17. The summed E-state index contributed by atoms with van der Waals surface area (Å²) in [4.78, 5) is 3.33. The molecule has 0 saturated heterocycles. The average molecular weight is 221 g/mol. The van der Waals surface area contributed by atoms with Gasteiger partial charge in [-0.2, -0.15) is 0 Å². The van der Waals surface area contributed by atoms with Crippen molar-refractivity contribution >= 4 is 10.9 Å². The molecule has 0 saturated carbocycles. The van der Waals surface area contributed by atoms with Crippen molar-refractivity contribution in [2.24, 2.45) is 0 Å². The van der Waals surface area contributed by atoms with Crippen LogP contribution in [0.25, 0.3) is 10.9 Å². The number of H-pyrrole nitrogens is 1. The highest BCUT2D eigenvalue weighted by Crippen LogP contribution is 2.21. The summed E-state index contributed by atoms with van der Waals surface area (Å²) in [5, 5.41) is 1.33. The van der Waals surface area contributed by atoms with Gasteiger partial charge in [0.15, 0.2) is 0 Å². The van der Waals surface area contributed by atoms with Gasteiger partial charge < -0.3 is 4.98 Å². The maximum Gasteiger partial charge on any atom is 0.0456 e. The van der Waals surface area contributed by atoms with Crippen molar-refractivity contribution in [1.82, 2.24) is 4.98 Å². The lowest BCUT2D eigenvalue weighted by Gasteiger charge is -2.04. The molecule has 0 spiro atoms. The molecule has 1 heterocycles. The van der Waals surface area contributed by atoms with Crippen LogP contribution in [0.15, 0.2) is 54.7 Å². The summed E-state index contributed by atoms with van der Waals surface area (Å²) in [5.41, 5.74) is 5.35. The van der Waals surface area contributed by atoms with Crippen LogP contribution in [0.2, 0.25) is 0 Å². The van der Waals surface area contributed by atoms with Crippen molar-refractivity contribution in [2.45, 2.75) is 13.3 Å². The first-order valence-corrected chi connectivity index (χ1v) is 5.94. The molecule has 0 unspecified atom stereocenters. The lowest BCUT2D eigenvalue weighted by molar-refractivity contribution is 1.17. The molecule has 0 aliphatic heterocycles. The molecule has 0 radical (unpaired) electrons. The number of hydrogen-bond acceptors (Lipinski definition) is 0. The fraction of sp³-hybridized carbons (Fsp3) is 0.125. The van der Waals surface area contributed by atoms with E-state index in [1.807, 2.05) is 0 Å². The van der Waals surface area contributed by atoms with E-state index in [1.165, 1.54) is 27.6 Å². The van der Waals surface area contributed by atoms with E-state index in [-0.39, 0.29) is 0 Å². The van der Waals surface area contributed by atoms with Gasteiger partial charge in [-0.15, -0.1) is 0 Å². The Morgan fingerprint density at radius 1 is 0.882 bits per heavy atom. The van der Waals surface area contributed by atoms with Gasteiger partial charge in [0, 0.05) is 17.1 Å². The minimum absolute atomic E-state index is 0.997. The van der Waals surface area contributed by atoms with Gasteiger partial charge in [0.05, 0.1) is 0 Å². The van der Waals surface area contributed by atoms with Crippen molar-refractivity contribution in [3.05, 3.63) is 71.4 Å². The second-order valence-corrected chi connectivity index (χ2v) is 4.46. The predicted octanol–water partition coefficient (Wildman–Crippen LogP) is 4.07. The monoisotopic (exact) mass is 221 g/mol. The van der Waals surface area contributed by atoms with Crippen LogP contribution < -0.4 is 0 Å². The smallest absolute Gasteiger partial charge is 0.0456 e. The molecular weight excluding hydrogens is 206 g/mol. The zero-order chi connectivity index (χ0) is 11.7. The fourth-order valence-corrected chi connectivity index (χ4v) is 2.29. The molecule has 17 heavy (non-hydrogen) atoms. The van der Waals surface area contributed by atoms with Crippen molar-refractivity contribution in [3.63, 3.8) is 0 Å². The van der Waals surface area contributed by atoms with Crippen LogP contribution in [0.1, 0.15) is 16.7 Å². The molecule has 0 aliphatic rings. The third-order valence-corrected chi connectivity index (χ3v) is 3.32. The fourth-order valence-electron chi connectivity index (χ4n) is 2.29. The highest BCUT2D eigenvalue weighted by atomic mass is 14.7. The van der Waals surface area contributed by atoms with E-state index >= 15 is 0 Å². The number of hydrogen-bond donors (Lipinski definition) is 1. The van der Waals surface area contributed by atoms with Gasteiger partial charge >= 0.3 is 0 Å². The lowest BCUT2D eigenvalue weighted by atomic mass is 10.0. The molecule has 2 aromatic carbocycles. The number of nitrogens with one attached hydrogen (secondary N) is 1. The lowest BCUT2D eigenvalue weighted by Crippen LogP contribution is -1.89. The van der Waals surface area contributed by atoms with Gasteiger partial charge in [-0.05, 0) is 36.1 Å². The summed E-state index contributed by atoms with van der Waals surface area (Å²) in [6, 6.07) is 17.0. The van der Waals surface area contributed by atoms with E-state index < -0.39 is 0 Å². The Kier molecular flexibility index (Phi) is 2.45. The van der Waals surface area contributed by atoms with Crippen LogP contribution in [0.3, 0.4) is 0 Å². The summed E-state index contributed by atoms with van der Waals surface area (Å²) in [6.07, 6.45) is 3.12. The number of para-hydroxylation sites is 1. The van der Waals surface area contributed by atoms with Crippen LogP contribution in [0.4, 0.5) is 0 Å². The van der Waals surface area contributed by atoms with Gasteiger partial charge in [0.1, 0.15) is 0 Å². The second kappa shape index (κ2) is 4.10. The first kappa shape index (κ1) is 10.2. The molecule has 0 atom stereocenters. The molecule has 3 rings (SSSR count). The quantitative estimate of drug-likeness (QED) is 0.671. The van der Waals surface area contributed by atoms with E-state index in [0.29, 0.717) is 0 Å². The maximum atomic E-state index is 3.33. The summed E-state index contributed by atoms with van der Waals surface area (Å²) in [5.74, 6) is 0. The molecule has 0 amide bonds. The zero-order valence-corrected chi connectivity index (χ0v) is 9.90. The molecular formula is C16H15N. The molecule has 0 bridgehead atoms. The van der Waals surface area contributed by atoms with Gasteiger partial charge in [0.2, 0.25) is 0 Å². The highest BCUT2D eigenvalue weighted by Gasteiger charge is 2.04. The SMILES string of the molecule is Cc1ccccc1Cc1c[nH]c2ccccc12. The normalized spacial score (nSPS) is 10.9. The topological polar surface area (TPSA) is 15.8 Å². The molecule has 3 aromatic rings. The third kappa shape index (κ3) is 1.84. The Morgan fingerprint density at radius 2 is 1.65 bits per heavy atom. The van der Waals surface area contributed by atoms with Gasteiger partial charge in [-0.25, -0.2) is 0 Å². The number of benzene rings is 2. The minimum Gasteiger partial charge on any atom is -0.361 e. The van der Waals surface area contributed by atoms with Crippen LogP contribution >= 0.6 is 0 Å². The number of rotatable bonds is 2. The van der Waals surface area contributed by atoms with Gasteiger partial charge in [-0.1, -0.05) is 42.5 Å². The van der Waals surface area contributed by atoms with Gasteiger partial charge in [-0.3, -0.25) is 0 Å². The van der Waals surface area contributed by atoms with Crippen LogP contribution in [0, 0.1) is 6.92 Å². The van der Waals surface area contributed by atoms with Crippen molar-refractivity contribution in [3.8, 4) is 0 Å². The zero-order valence-electron chi connectivity index (χ0n) is 9.90.